The van der Waals surface area contributed by atoms with E-state index in [-0.39, 0.29) is 37.4 Å². The zero-order valence-corrected chi connectivity index (χ0v) is 18.3. The van der Waals surface area contributed by atoms with E-state index in [9.17, 15) is 19.2 Å². The quantitative estimate of drug-likeness (QED) is 0.443. The van der Waals surface area contributed by atoms with Crippen molar-refractivity contribution in [1.82, 2.24) is 5.32 Å². The van der Waals surface area contributed by atoms with Crippen molar-refractivity contribution in [1.29, 1.82) is 0 Å². The molecule has 0 radical (unpaired) electrons. The summed E-state index contributed by atoms with van der Waals surface area (Å²) in [6.45, 7) is 1.77. The molecule has 0 bridgehead atoms. The first kappa shape index (κ1) is 24.8. The molecule has 0 aromatic heterocycles. The Morgan fingerprint density at radius 2 is 1.56 bits per heavy atom. The van der Waals surface area contributed by atoms with E-state index in [0.717, 1.165) is 16.7 Å². The minimum absolute atomic E-state index is 0.000234. The molecule has 7 nitrogen and oxygen atoms in total. The molecule has 0 unspecified atom stereocenters. The molecule has 2 amide bonds. The van der Waals surface area contributed by atoms with Crippen LogP contribution in [-0.4, -0.2) is 34.7 Å². The zero-order chi connectivity index (χ0) is 23.5. The van der Waals surface area contributed by atoms with E-state index in [1.807, 2.05) is 54.6 Å². The van der Waals surface area contributed by atoms with Crippen molar-refractivity contribution in [2.24, 2.45) is 11.7 Å². The van der Waals surface area contributed by atoms with Crippen LogP contribution in [-0.2, 0) is 25.6 Å². The summed E-state index contributed by atoms with van der Waals surface area (Å²) in [4.78, 5) is 47.2. The fourth-order valence-electron chi connectivity index (χ4n) is 3.46. The number of rotatable bonds is 13. The van der Waals surface area contributed by atoms with Crippen LogP contribution in [0.1, 0.15) is 44.6 Å². The van der Waals surface area contributed by atoms with Crippen LogP contribution in [0.5, 0.6) is 0 Å². The number of Topliss-reactive ketones (excluding diaryl/α,β-unsaturated/α-hetero) is 1. The summed E-state index contributed by atoms with van der Waals surface area (Å²) < 4.78 is 0. The normalized spacial score (nSPS) is 12.5. The smallest absolute Gasteiger partial charge is 0.303 e. The molecule has 2 atom stereocenters. The Hall–Kier alpha value is -3.48. The molecule has 2 aromatic rings. The standard InChI is InChI=1S/C25H30N2O5/c1-2-21(22(28)16-20(25(26)32)13-15-24(30)31)27-23(29)14-10-17-8-11-19(12-9-17)18-6-4-3-5-7-18/h3-9,11-12,20-21H,2,10,13-16H2,1H3,(H2,26,32)(H,27,29)(H,30,31)/t20-,21+/m1/s1. The van der Waals surface area contributed by atoms with Crippen LogP contribution in [0.15, 0.2) is 54.6 Å². The summed E-state index contributed by atoms with van der Waals surface area (Å²) in [5.41, 5.74) is 8.54. The number of amides is 2. The molecule has 0 aliphatic carbocycles. The van der Waals surface area contributed by atoms with E-state index in [2.05, 4.69) is 5.32 Å². The molecule has 0 aliphatic heterocycles. The highest BCUT2D eigenvalue weighted by Crippen LogP contribution is 2.20. The largest absolute Gasteiger partial charge is 0.481 e. The Bertz CT molecular complexity index is 925. The fraction of sp³-hybridized carbons (Fsp3) is 0.360. The van der Waals surface area contributed by atoms with Crippen molar-refractivity contribution >= 4 is 23.6 Å². The van der Waals surface area contributed by atoms with Gasteiger partial charge in [-0.2, -0.15) is 0 Å². The number of primary amides is 1. The van der Waals surface area contributed by atoms with Crippen LogP contribution in [0.4, 0.5) is 0 Å². The Morgan fingerprint density at radius 1 is 0.938 bits per heavy atom. The second-order valence-corrected chi connectivity index (χ2v) is 7.79. The average molecular weight is 439 g/mol. The first-order valence-corrected chi connectivity index (χ1v) is 10.8. The predicted molar refractivity (Wildman–Crippen MR) is 122 cm³/mol. The lowest BCUT2D eigenvalue weighted by Gasteiger charge is -2.19. The number of aryl methyl sites for hydroxylation is 1. The van der Waals surface area contributed by atoms with Crippen molar-refractivity contribution in [3.8, 4) is 11.1 Å². The minimum Gasteiger partial charge on any atom is -0.481 e. The maximum absolute atomic E-state index is 12.5. The van der Waals surface area contributed by atoms with Gasteiger partial charge in [0.1, 0.15) is 0 Å². The van der Waals surface area contributed by atoms with Gasteiger partial charge in [-0.25, -0.2) is 0 Å². The first-order valence-electron chi connectivity index (χ1n) is 10.8. The zero-order valence-electron chi connectivity index (χ0n) is 18.3. The molecule has 0 fully saturated rings. The number of aliphatic carboxylic acids is 1. The molecule has 0 saturated heterocycles. The molecular weight excluding hydrogens is 408 g/mol. The van der Waals surface area contributed by atoms with E-state index in [1.165, 1.54) is 0 Å². The van der Waals surface area contributed by atoms with Gasteiger partial charge in [0.15, 0.2) is 5.78 Å². The van der Waals surface area contributed by atoms with Crippen molar-refractivity contribution in [3.63, 3.8) is 0 Å². The summed E-state index contributed by atoms with van der Waals surface area (Å²) in [5.74, 6) is -3.19. The van der Waals surface area contributed by atoms with Crippen molar-refractivity contribution in [2.75, 3.05) is 0 Å². The molecule has 170 valence electrons. The van der Waals surface area contributed by atoms with Crippen LogP contribution in [0.3, 0.4) is 0 Å². The molecule has 2 aromatic carbocycles. The van der Waals surface area contributed by atoms with Gasteiger partial charge in [0, 0.05) is 25.2 Å². The Kier molecular flexibility index (Phi) is 9.60. The van der Waals surface area contributed by atoms with Gasteiger partial charge < -0.3 is 16.2 Å². The van der Waals surface area contributed by atoms with Crippen LogP contribution < -0.4 is 11.1 Å². The number of hydrogen-bond donors (Lipinski definition) is 3. The molecule has 32 heavy (non-hydrogen) atoms. The summed E-state index contributed by atoms with van der Waals surface area (Å²) in [6.07, 6.45) is 0.719. The Balaban J connectivity index is 1.86. The second-order valence-electron chi connectivity index (χ2n) is 7.79. The lowest BCUT2D eigenvalue weighted by Crippen LogP contribution is -2.42. The van der Waals surface area contributed by atoms with E-state index >= 15 is 0 Å². The molecule has 0 aliphatic rings. The SMILES string of the molecule is CC[C@H](NC(=O)CCc1ccc(-c2ccccc2)cc1)C(=O)C[C@@H](CCC(=O)O)C(N)=O. The third-order valence-corrected chi connectivity index (χ3v) is 5.39. The molecule has 7 heteroatoms. The van der Waals surface area contributed by atoms with Gasteiger partial charge in [0.25, 0.3) is 0 Å². The van der Waals surface area contributed by atoms with Crippen LogP contribution >= 0.6 is 0 Å². The van der Waals surface area contributed by atoms with Gasteiger partial charge in [0.2, 0.25) is 11.8 Å². The number of carbonyl (C=O) groups is 4. The number of carbonyl (C=O) groups excluding carboxylic acids is 3. The highest BCUT2D eigenvalue weighted by atomic mass is 16.4. The van der Waals surface area contributed by atoms with E-state index in [0.29, 0.717) is 12.8 Å². The van der Waals surface area contributed by atoms with Crippen LogP contribution in [0.2, 0.25) is 0 Å². The monoisotopic (exact) mass is 438 g/mol. The van der Waals surface area contributed by atoms with Crippen molar-refractivity contribution < 1.29 is 24.3 Å². The topological polar surface area (TPSA) is 127 Å². The van der Waals surface area contributed by atoms with Gasteiger partial charge >= 0.3 is 5.97 Å². The first-order chi connectivity index (χ1) is 15.3. The maximum Gasteiger partial charge on any atom is 0.303 e. The summed E-state index contributed by atoms with van der Waals surface area (Å²) >= 11 is 0. The molecular formula is C25H30N2O5. The predicted octanol–water partition coefficient (Wildman–Crippen LogP) is 3.11. The third kappa shape index (κ3) is 7.98. The highest BCUT2D eigenvalue weighted by Gasteiger charge is 2.25. The van der Waals surface area contributed by atoms with Crippen molar-refractivity contribution in [2.45, 2.75) is 51.5 Å². The Morgan fingerprint density at radius 3 is 2.12 bits per heavy atom. The number of nitrogens with two attached hydrogens (primary N) is 1. The lowest BCUT2D eigenvalue weighted by molar-refractivity contribution is -0.138. The van der Waals surface area contributed by atoms with Crippen LogP contribution in [0, 0.1) is 5.92 Å². The molecule has 0 spiro atoms. The number of nitrogens with one attached hydrogen (secondary N) is 1. The lowest BCUT2D eigenvalue weighted by atomic mass is 9.92. The molecule has 4 N–H and O–H groups in total. The number of carboxylic acids is 1. The third-order valence-electron chi connectivity index (χ3n) is 5.39. The second kappa shape index (κ2) is 12.4. The van der Waals surface area contributed by atoms with Gasteiger partial charge in [-0.05, 0) is 36.0 Å². The van der Waals surface area contributed by atoms with Gasteiger partial charge in [-0.3, -0.25) is 19.2 Å². The fourth-order valence-corrected chi connectivity index (χ4v) is 3.46. The number of hydrogen-bond acceptors (Lipinski definition) is 4. The van der Waals surface area contributed by atoms with E-state index < -0.39 is 23.8 Å². The van der Waals surface area contributed by atoms with Gasteiger partial charge in [0.05, 0.1) is 6.04 Å². The Labute approximate surface area is 188 Å². The van der Waals surface area contributed by atoms with E-state index in [4.69, 9.17) is 10.8 Å². The highest BCUT2D eigenvalue weighted by molar-refractivity contribution is 5.92. The van der Waals surface area contributed by atoms with Crippen molar-refractivity contribution in [3.05, 3.63) is 60.2 Å². The summed E-state index contributed by atoms with van der Waals surface area (Å²) in [6, 6.07) is 17.3. The van der Waals surface area contributed by atoms with Gasteiger partial charge in [-0.1, -0.05) is 61.5 Å². The van der Waals surface area contributed by atoms with Crippen LogP contribution in [0.25, 0.3) is 11.1 Å². The summed E-state index contributed by atoms with van der Waals surface area (Å²) in [5, 5.41) is 11.5. The summed E-state index contributed by atoms with van der Waals surface area (Å²) in [7, 11) is 0. The minimum atomic E-state index is -1.05. The van der Waals surface area contributed by atoms with Gasteiger partial charge in [-0.15, -0.1) is 0 Å². The number of ketones is 1. The maximum atomic E-state index is 12.5. The number of benzene rings is 2. The average Bonchev–Trinajstić information content (AvgIpc) is 2.79. The molecule has 0 heterocycles. The molecule has 2 rings (SSSR count). The number of carboxylic acid groups (broad SMARTS) is 1. The molecule has 0 saturated carbocycles. The van der Waals surface area contributed by atoms with E-state index in [1.54, 1.807) is 6.92 Å².